The molecule has 3 N–H and O–H groups in total. The van der Waals surface area contributed by atoms with Crippen molar-refractivity contribution in [3.63, 3.8) is 0 Å². The van der Waals surface area contributed by atoms with Crippen molar-refractivity contribution < 1.29 is 34.3 Å². The largest absolute Gasteiger partial charge is 0.493 e. The number of ketones is 2. The lowest BCUT2D eigenvalue weighted by Gasteiger charge is -2.10. The van der Waals surface area contributed by atoms with Gasteiger partial charge in [0, 0.05) is 6.42 Å². The van der Waals surface area contributed by atoms with E-state index in [9.17, 15) is 9.59 Å². The number of hydrogen-bond donors (Lipinski definition) is 1. The minimum atomic E-state index is -0.791. The lowest BCUT2D eigenvalue weighted by molar-refractivity contribution is -0.369. The van der Waals surface area contributed by atoms with Crippen LogP contribution in [0.1, 0.15) is 17.5 Å². The van der Waals surface area contributed by atoms with E-state index in [1.54, 1.807) is 77.0 Å². The number of methoxy groups -OCH3 is 4. The maximum absolute atomic E-state index is 12.8. The van der Waals surface area contributed by atoms with Crippen LogP contribution in [0, 0.1) is 5.92 Å². The molecule has 0 heterocycles. The number of ether oxygens (including phenoxy) is 4. The summed E-state index contributed by atoms with van der Waals surface area (Å²) in [5, 5.41) is 0. The standard InChI is InChI=1S/C25H29NO6/c1-29-22-11-7-17(15-24(22)31-3)5-9-20(27)19(13-14-26)21(28)10-6-18-8-12-23(30-2)25(16-18)32-4/h5-12,15-16,19H,13-14,26H2,1-4H3/p+1/b9-5+,10-6+. The molecule has 0 spiro atoms. The Bertz CT molecular complexity index is 918. The van der Waals surface area contributed by atoms with Gasteiger partial charge in [-0.15, -0.1) is 0 Å². The van der Waals surface area contributed by atoms with E-state index in [2.05, 4.69) is 5.73 Å². The topological polar surface area (TPSA) is 98.7 Å². The van der Waals surface area contributed by atoms with Gasteiger partial charge in [-0.2, -0.15) is 0 Å². The van der Waals surface area contributed by atoms with Crippen LogP contribution >= 0.6 is 0 Å². The molecule has 170 valence electrons. The number of carbonyl (C=O) groups excluding carboxylic acids is 2. The molecule has 7 nitrogen and oxygen atoms in total. The van der Waals surface area contributed by atoms with E-state index >= 15 is 0 Å². The predicted octanol–water partition coefficient (Wildman–Crippen LogP) is 2.83. The summed E-state index contributed by atoms with van der Waals surface area (Å²) in [6.07, 6.45) is 6.52. The van der Waals surface area contributed by atoms with E-state index < -0.39 is 5.92 Å². The second-order valence-corrected chi connectivity index (χ2v) is 6.90. The fourth-order valence-corrected chi connectivity index (χ4v) is 3.13. The van der Waals surface area contributed by atoms with Gasteiger partial charge in [-0.05, 0) is 47.5 Å². The highest BCUT2D eigenvalue weighted by Gasteiger charge is 2.22. The van der Waals surface area contributed by atoms with Crippen LogP contribution in [-0.4, -0.2) is 46.6 Å². The Balaban J connectivity index is 2.16. The average Bonchev–Trinajstić information content (AvgIpc) is 2.83. The lowest BCUT2D eigenvalue weighted by Crippen LogP contribution is -2.51. The molecule has 0 unspecified atom stereocenters. The second kappa shape index (κ2) is 12.3. The highest BCUT2D eigenvalue weighted by molar-refractivity contribution is 6.13. The Morgan fingerprint density at radius 3 is 1.50 bits per heavy atom. The summed E-state index contributed by atoms with van der Waals surface area (Å²) in [4.78, 5) is 25.5. The van der Waals surface area contributed by atoms with E-state index in [0.29, 0.717) is 36.0 Å². The van der Waals surface area contributed by atoms with Crippen LogP contribution in [-0.2, 0) is 9.59 Å². The van der Waals surface area contributed by atoms with Crippen LogP contribution in [0.4, 0.5) is 0 Å². The molecule has 0 aromatic heterocycles. The van der Waals surface area contributed by atoms with Gasteiger partial charge < -0.3 is 24.7 Å². The molecular formula is C25H30NO6+. The Morgan fingerprint density at radius 2 is 1.16 bits per heavy atom. The maximum Gasteiger partial charge on any atom is 0.166 e. The summed E-state index contributed by atoms with van der Waals surface area (Å²) < 4.78 is 21.0. The van der Waals surface area contributed by atoms with Gasteiger partial charge in [-0.1, -0.05) is 24.3 Å². The van der Waals surface area contributed by atoms with Crippen LogP contribution in [0.5, 0.6) is 23.0 Å². The van der Waals surface area contributed by atoms with E-state index in [0.717, 1.165) is 11.1 Å². The zero-order valence-electron chi connectivity index (χ0n) is 18.9. The number of rotatable bonds is 12. The molecular weight excluding hydrogens is 410 g/mol. The molecule has 0 saturated heterocycles. The number of hydrogen-bond acceptors (Lipinski definition) is 6. The zero-order chi connectivity index (χ0) is 23.5. The highest BCUT2D eigenvalue weighted by atomic mass is 16.5. The van der Waals surface area contributed by atoms with Gasteiger partial charge in [0.25, 0.3) is 0 Å². The van der Waals surface area contributed by atoms with Crippen molar-refractivity contribution in [1.82, 2.24) is 0 Å². The molecule has 0 fully saturated rings. The van der Waals surface area contributed by atoms with Crippen molar-refractivity contribution in [2.24, 2.45) is 5.92 Å². The van der Waals surface area contributed by atoms with Crippen molar-refractivity contribution in [3.05, 3.63) is 59.7 Å². The molecule has 0 amide bonds. The van der Waals surface area contributed by atoms with E-state index in [1.165, 1.54) is 12.2 Å². The molecule has 7 heteroatoms. The van der Waals surface area contributed by atoms with Crippen molar-refractivity contribution >= 4 is 23.7 Å². The third-order valence-electron chi connectivity index (χ3n) is 4.87. The van der Waals surface area contributed by atoms with Gasteiger partial charge in [-0.3, -0.25) is 9.59 Å². The van der Waals surface area contributed by atoms with Gasteiger partial charge in [0.05, 0.1) is 40.9 Å². The van der Waals surface area contributed by atoms with Gasteiger partial charge in [0.1, 0.15) is 0 Å². The van der Waals surface area contributed by atoms with Gasteiger partial charge in [-0.25, -0.2) is 0 Å². The third-order valence-corrected chi connectivity index (χ3v) is 4.87. The molecule has 0 aliphatic rings. The zero-order valence-corrected chi connectivity index (χ0v) is 18.9. The Kier molecular flexibility index (Phi) is 9.50. The van der Waals surface area contributed by atoms with Crippen molar-refractivity contribution in [2.45, 2.75) is 6.42 Å². The summed E-state index contributed by atoms with van der Waals surface area (Å²) in [6, 6.07) is 10.6. The fraction of sp³-hybridized carbons (Fsp3) is 0.280. The van der Waals surface area contributed by atoms with Crippen LogP contribution in [0.2, 0.25) is 0 Å². The number of benzene rings is 2. The molecule has 2 rings (SSSR count). The lowest BCUT2D eigenvalue weighted by atomic mass is 9.93. The molecule has 0 saturated carbocycles. The SMILES string of the molecule is COc1ccc(/C=C/C(=O)C(CC[NH3+])C(=O)/C=C/c2ccc(OC)c(OC)c2)cc1OC. The molecule has 32 heavy (non-hydrogen) atoms. The molecule has 0 aliphatic heterocycles. The summed E-state index contributed by atoms with van der Waals surface area (Å²) in [6.45, 7) is 0.469. The predicted molar refractivity (Wildman–Crippen MR) is 123 cm³/mol. The minimum absolute atomic E-state index is 0.273. The van der Waals surface area contributed by atoms with Gasteiger partial charge in [0.15, 0.2) is 34.6 Å². The summed E-state index contributed by atoms with van der Waals surface area (Å²) >= 11 is 0. The molecule has 0 aliphatic carbocycles. The first-order valence-electron chi connectivity index (χ1n) is 10.1. The molecule has 0 radical (unpaired) electrons. The average molecular weight is 441 g/mol. The fourth-order valence-electron chi connectivity index (χ4n) is 3.13. The van der Waals surface area contributed by atoms with E-state index in [1.807, 2.05) is 0 Å². The first-order chi connectivity index (χ1) is 15.5. The Hall–Kier alpha value is -3.58. The van der Waals surface area contributed by atoms with E-state index in [4.69, 9.17) is 18.9 Å². The van der Waals surface area contributed by atoms with Gasteiger partial charge in [0.2, 0.25) is 0 Å². The maximum atomic E-state index is 12.8. The van der Waals surface area contributed by atoms with Crippen molar-refractivity contribution in [1.29, 1.82) is 0 Å². The molecule has 2 aromatic rings. The normalized spacial score (nSPS) is 11.2. The molecule has 0 atom stereocenters. The number of carbonyl (C=O) groups is 2. The smallest absolute Gasteiger partial charge is 0.166 e. The minimum Gasteiger partial charge on any atom is -0.493 e. The van der Waals surface area contributed by atoms with E-state index in [-0.39, 0.29) is 11.6 Å². The van der Waals surface area contributed by atoms with Gasteiger partial charge >= 0.3 is 0 Å². The highest BCUT2D eigenvalue weighted by Crippen LogP contribution is 2.29. The Labute approximate surface area is 188 Å². The summed E-state index contributed by atoms with van der Waals surface area (Å²) in [7, 11) is 6.21. The van der Waals surface area contributed by atoms with Crippen molar-refractivity contribution in [3.8, 4) is 23.0 Å². The summed E-state index contributed by atoms with van der Waals surface area (Å²) in [5.74, 6) is 0.981. The van der Waals surface area contributed by atoms with Crippen molar-refractivity contribution in [2.75, 3.05) is 35.0 Å². The molecule has 2 aromatic carbocycles. The van der Waals surface area contributed by atoms with Crippen LogP contribution < -0.4 is 24.7 Å². The number of quaternary nitrogens is 1. The molecule has 0 bridgehead atoms. The first-order valence-corrected chi connectivity index (χ1v) is 10.1. The third kappa shape index (κ3) is 6.46. The summed E-state index contributed by atoms with van der Waals surface area (Å²) in [5.41, 5.74) is 5.32. The first kappa shape index (κ1) is 24.7. The monoisotopic (exact) mass is 440 g/mol. The second-order valence-electron chi connectivity index (χ2n) is 6.90. The number of allylic oxidation sites excluding steroid dienone is 2. The van der Waals surface area contributed by atoms with Crippen LogP contribution in [0.25, 0.3) is 12.2 Å². The van der Waals surface area contributed by atoms with Crippen LogP contribution in [0.15, 0.2) is 48.6 Å². The van der Waals surface area contributed by atoms with Crippen LogP contribution in [0.3, 0.4) is 0 Å². The quantitative estimate of drug-likeness (QED) is 0.403. The Morgan fingerprint density at radius 1 is 0.750 bits per heavy atom.